The van der Waals surface area contributed by atoms with Crippen LogP contribution in [-0.2, 0) is 0 Å². The zero-order valence-electron chi connectivity index (χ0n) is 10.2. The van der Waals surface area contributed by atoms with Gasteiger partial charge in [0.15, 0.2) is 5.69 Å². The zero-order valence-corrected chi connectivity index (χ0v) is 10.9. The van der Waals surface area contributed by atoms with Crippen molar-refractivity contribution in [2.45, 2.75) is 0 Å². The van der Waals surface area contributed by atoms with E-state index < -0.39 is 5.97 Å². The molecule has 0 atom stereocenters. The predicted octanol–water partition coefficient (Wildman–Crippen LogP) is 3.48. The maximum Gasteiger partial charge on any atom is 0.358 e. The van der Waals surface area contributed by atoms with E-state index >= 15 is 0 Å². The average Bonchev–Trinajstić information content (AvgIpc) is 2.76. The number of aromatic nitrogens is 2. The van der Waals surface area contributed by atoms with Crippen molar-refractivity contribution in [2.24, 2.45) is 0 Å². The molecule has 0 aliphatic heterocycles. The number of carbonyl (C=O) groups is 1. The smallest absolute Gasteiger partial charge is 0.358 e. The van der Waals surface area contributed by atoms with Crippen LogP contribution in [0.1, 0.15) is 10.5 Å². The molecule has 0 amide bonds. The number of hydrogen-bond donors (Lipinski definition) is 1. The molecule has 0 saturated heterocycles. The van der Waals surface area contributed by atoms with Gasteiger partial charge in [-0.2, -0.15) is 4.98 Å². The lowest BCUT2D eigenvalue weighted by molar-refractivity contribution is 0.0686. The van der Waals surface area contributed by atoms with E-state index in [-0.39, 0.29) is 11.6 Å². The maximum absolute atomic E-state index is 11.4. The number of carboxylic acids is 1. The molecule has 100 valence electrons. The minimum absolute atomic E-state index is 0.0272. The maximum atomic E-state index is 11.4. The summed E-state index contributed by atoms with van der Waals surface area (Å²) in [5.41, 5.74) is 0.475. The lowest BCUT2D eigenvalue weighted by Crippen LogP contribution is -2.03. The number of carboxylic acid groups (broad SMARTS) is 1. The molecule has 0 spiro atoms. The molecule has 1 N–H and O–H groups in total. The van der Waals surface area contributed by atoms with Gasteiger partial charge in [-0.15, -0.1) is 0 Å². The molecular formula is C14H9ClN2O3. The van der Waals surface area contributed by atoms with E-state index in [1.54, 1.807) is 48.7 Å². The Hall–Kier alpha value is -2.53. The number of benzene rings is 1. The molecule has 2 aromatic heterocycles. The average molecular weight is 289 g/mol. The molecule has 0 saturated carbocycles. The summed E-state index contributed by atoms with van der Waals surface area (Å²) in [5.74, 6) is -0.643. The molecule has 0 aliphatic carbocycles. The first-order valence-electron chi connectivity index (χ1n) is 5.79. The zero-order chi connectivity index (χ0) is 14.1. The summed E-state index contributed by atoms with van der Waals surface area (Å²) >= 11 is 5.87. The molecule has 2 heterocycles. The second-order valence-corrected chi connectivity index (χ2v) is 4.50. The fraction of sp³-hybridized carbons (Fsp3) is 0. The highest BCUT2D eigenvalue weighted by atomic mass is 35.5. The second kappa shape index (κ2) is 4.86. The van der Waals surface area contributed by atoms with Crippen molar-refractivity contribution in [1.29, 1.82) is 0 Å². The van der Waals surface area contributed by atoms with E-state index in [1.165, 1.54) is 4.40 Å². The Morgan fingerprint density at radius 1 is 1.25 bits per heavy atom. The summed E-state index contributed by atoms with van der Waals surface area (Å²) in [6.45, 7) is 0. The van der Waals surface area contributed by atoms with Gasteiger partial charge in [0.2, 0.25) is 0 Å². The third kappa shape index (κ3) is 2.19. The Morgan fingerprint density at radius 2 is 2.10 bits per heavy atom. The van der Waals surface area contributed by atoms with Crippen LogP contribution in [0.3, 0.4) is 0 Å². The number of hydrogen-bond acceptors (Lipinski definition) is 3. The van der Waals surface area contributed by atoms with Crippen LogP contribution in [0.2, 0.25) is 5.02 Å². The van der Waals surface area contributed by atoms with Gasteiger partial charge in [-0.25, -0.2) is 4.79 Å². The van der Waals surface area contributed by atoms with E-state index in [1.807, 2.05) is 0 Å². The lowest BCUT2D eigenvalue weighted by atomic mass is 10.3. The van der Waals surface area contributed by atoms with Gasteiger partial charge >= 0.3 is 5.97 Å². The van der Waals surface area contributed by atoms with Crippen molar-refractivity contribution in [3.05, 3.63) is 59.4 Å². The standard InChI is InChI=1S/C14H9ClN2O3/c15-9-4-3-5-10(8-9)20-13-12(14(18)19)17-7-2-1-6-11(17)16-13/h1-8H,(H,18,19). The highest BCUT2D eigenvalue weighted by Crippen LogP contribution is 2.27. The van der Waals surface area contributed by atoms with Crippen LogP contribution in [0.5, 0.6) is 11.6 Å². The Kier molecular flexibility index (Phi) is 3.04. The van der Waals surface area contributed by atoms with E-state index in [0.29, 0.717) is 16.4 Å². The number of nitrogens with zero attached hydrogens (tertiary/aromatic N) is 2. The Balaban J connectivity index is 2.11. The molecule has 1 aromatic carbocycles. The summed E-state index contributed by atoms with van der Waals surface area (Å²) in [4.78, 5) is 15.6. The highest BCUT2D eigenvalue weighted by molar-refractivity contribution is 6.30. The molecule has 6 heteroatoms. The quantitative estimate of drug-likeness (QED) is 0.801. The molecule has 0 bridgehead atoms. The van der Waals surface area contributed by atoms with Crippen molar-refractivity contribution < 1.29 is 14.6 Å². The monoisotopic (exact) mass is 288 g/mol. The van der Waals surface area contributed by atoms with Crippen LogP contribution >= 0.6 is 11.6 Å². The lowest BCUT2D eigenvalue weighted by Gasteiger charge is -2.03. The van der Waals surface area contributed by atoms with Gasteiger partial charge < -0.3 is 9.84 Å². The molecular weight excluding hydrogens is 280 g/mol. The number of rotatable bonds is 3. The van der Waals surface area contributed by atoms with Crippen LogP contribution in [-0.4, -0.2) is 20.5 Å². The van der Waals surface area contributed by atoms with Gasteiger partial charge in [-0.1, -0.05) is 23.7 Å². The summed E-state index contributed by atoms with van der Waals surface area (Å²) in [6, 6.07) is 11.9. The molecule has 3 aromatic rings. The molecule has 0 aliphatic rings. The van der Waals surface area contributed by atoms with Crippen molar-refractivity contribution >= 4 is 23.2 Å². The number of halogens is 1. The predicted molar refractivity (Wildman–Crippen MR) is 73.7 cm³/mol. The number of imidazole rings is 1. The number of ether oxygens (including phenoxy) is 1. The minimum Gasteiger partial charge on any atom is -0.476 e. The summed E-state index contributed by atoms with van der Waals surface area (Å²) in [5, 5.41) is 9.82. The van der Waals surface area contributed by atoms with Gasteiger partial charge in [0, 0.05) is 11.2 Å². The van der Waals surface area contributed by atoms with Crippen molar-refractivity contribution in [3.8, 4) is 11.6 Å². The molecule has 5 nitrogen and oxygen atoms in total. The summed E-state index contributed by atoms with van der Waals surface area (Å²) < 4.78 is 7.00. The number of fused-ring (bicyclic) bond motifs is 1. The largest absolute Gasteiger partial charge is 0.476 e. The van der Waals surface area contributed by atoms with Gasteiger partial charge in [-0.3, -0.25) is 4.40 Å². The Morgan fingerprint density at radius 3 is 2.85 bits per heavy atom. The second-order valence-electron chi connectivity index (χ2n) is 4.06. The number of pyridine rings is 1. The van der Waals surface area contributed by atoms with Crippen molar-refractivity contribution in [3.63, 3.8) is 0 Å². The molecule has 20 heavy (non-hydrogen) atoms. The Labute approximate surface area is 119 Å². The van der Waals surface area contributed by atoms with Gasteiger partial charge in [0.25, 0.3) is 5.88 Å². The van der Waals surface area contributed by atoms with Crippen molar-refractivity contribution in [2.75, 3.05) is 0 Å². The normalized spacial score (nSPS) is 10.7. The molecule has 0 unspecified atom stereocenters. The van der Waals surface area contributed by atoms with E-state index in [4.69, 9.17) is 16.3 Å². The van der Waals surface area contributed by atoms with Crippen molar-refractivity contribution in [1.82, 2.24) is 9.38 Å². The van der Waals surface area contributed by atoms with Crippen LogP contribution in [0.15, 0.2) is 48.7 Å². The number of aromatic carboxylic acids is 1. The SMILES string of the molecule is O=C(O)c1c(Oc2cccc(Cl)c2)nc2ccccn12. The summed E-state index contributed by atoms with van der Waals surface area (Å²) in [7, 11) is 0. The first-order chi connectivity index (χ1) is 9.65. The van der Waals surface area contributed by atoms with Gasteiger partial charge in [0.05, 0.1) is 0 Å². The first kappa shape index (κ1) is 12.5. The fourth-order valence-corrected chi connectivity index (χ4v) is 2.06. The topological polar surface area (TPSA) is 63.8 Å². The van der Waals surface area contributed by atoms with Crippen LogP contribution in [0.4, 0.5) is 0 Å². The summed E-state index contributed by atoms with van der Waals surface area (Å²) in [6.07, 6.45) is 1.62. The molecule has 0 radical (unpaired) electrons. The van der Waals surface area contributed by atoms with Gasteiger partial charge in [-0.05, 0) is 30.3 Å². The molecule has 0 fully saturated rings. The van der Waals surface area contributed by atoms with E-state index in [9.17, 15) is 9.90 Å². The van der Waals surface area contributed by atoms with Crippen LogP contribution in [0, 0.1) is 0 Å². The van der Waals surface area contributed by atoms with Crippen LogP contribution in [0.25, 0.3) is 5.65 Å². The minimum atomic E-state index is -1.11. The third-order valence-corrected chi connectivity index (χ3v) is 2.95. The van der Waals surface area contributed by atoms with E-state index in [2.05, 4.69) is 4.98 Å². The fourth-order valence-electron chi connectivity index (χ4n) is 1.88. The first-order valence-corrected chi connectivity index (χ1v) is 6.17. The van der Waals surface area contributed by atoms with Gasteiger partial charge in [0.1, 0.15) is 11.4 Å². The molecule has 3 rings (SSSR count). The highest BCUT2D eigenvalue weighted by Gasteiger charge is 2.20. The third-order valence-electron chi connectivity index (χ3n) is 2.71. The van der Waals surface area contributed by atoms with Crippen LogP contribution < -0.4 is 4.74 Å². The Bertz CT molecular complexity index is 798. The van der Waals surface area contributed by atoms with E-state index in [0.717, 1.165) is 0 Å².